The molecule has 1 aromatic heterocycles. The van der Waals surface area contributed by atoms with E-state index in [4.69, 9.17) is 26.2 Å². The zero-order chi connectivity index (χ0) is 24.1. The minimum atomic E-state index is 0.122. The van der Waals surface area contributed by atoms with Gasteiger partial charge in [-0.3, -0.25) is 4.79 Å². The van der Waals surface area contributed by atoms with Crippen LogP contribution in [0.1, 0.15) is 50.3 Å². The number of hydrogen-bond donors (Lipinski definition) is 0. The van der Waals surface area contributed by atoms with Crippen molar-refractivity contribution in [2.75, 3.05) is 13.7 Å². The first kappa shape index (κ1) is 24.1. The van der Waals surface area contributed by atoms with Crippen LogP contribution in [0.2, 0.25) is 5.02 Å². The van der Waals surface area contributed by atoms with E-state index in [1.54, 1.807) is 11.8 Å². The molecule has 0 N–H and O–H groups in total. The van der Waals surface area contributed by atoms with E-state index < -0.39 is 0 Å². The Balaban J connectivity index is 1.76. The Hall–Kier alpha value is -2.99. The SMILES string of the molecule is CCCN(Cc1c(C)nn(-c2ccc(Cl)cc2)c1Oc1ccccc1OC)C(=O)C1CCCC1. The number of halogens is 1. The van der Waals surface area contributed by atoms with E-state index in [-0.39, 0.29) is 11.8 Å². The van der Waals surface area contributed by atoms with Gasteiger partial charge in [0.05, 0.1) is 30.6 Å². The molecule has 0 bridgehead atoms. The number of aryl methyl sites for hydroxylation is 1. The van der Waals surface area contributed by atoms with Crippen molar-refractivity contribution in [1.29, 1.82) is 0 Å². The van der Waals surface area contributed by atoms with Gasteiger partial charge in [0.25, 0.3) is 0 Å². The molecule has 3 aromatic rings. The number of carbonyl (C=O) groups excluding carboxylic acids is 1. The third-order valence-corrected chi connectivity index (χ3v) is 6.59. The average Bonchev–Trinajstić information content (AvgIpc) is 3.49. The minimum absolute atomic E-state index is 0.122. The molecule has 0 radical (unpaired) electrons. The van der Waals surface area contributed by atoms with E-state index in [1.165, 1.54) is 0 Å². The van der Waals surface area contributed by atoms with Crippen molar-refractivity contribution < 1.29 is 14.3 Å². The molecular weight excluding hydrogens is 450 g/mol. The molecule has 1 amide bonds. The molecule has 1 aliphatic carbocycles. The molecule has 2 aromatic carbocycles. The Morgan fingerprint density at radius 2 is 1.79 bits per heavy atom. The predicted octanol–water partition coefficient (Wildman–Crippen LogP) is 6.56. The molecule has 1 fully saturated rings. The first-order valence-electron chi connectivity index (χ1n) is 12.0. The third-order valence-electron chi connectivity index (χ3n) is 6.34. The summed E-state index contributed by atoms with van der Waals surface area (Å²) in [4.78, 5) is 15.3. The van der Waals surface area contributed by atoms with Gasteiger partial charge in [0.15, 0.2) is 11.5 Å². The van der Waals surface area contributed by atoms with Gasteiger partial charge in [-0.2, -0.15) is 5.10 Å². The van der Waals surface area contributed by atoms with Crippen LogP contribution in [0.3, 0.4) is 0 Å². The highest BCUT2D eigenvalue weighted by Crippen LogP contribution is 2.37. The number of hydrogen-bond acceptors (Lipinski definition) is 4. The largest absolute Gasteiger partial charge is 0.493 e. The van der Waals surface area contributed by atoms with Crippen LogP contribution in [0.4, 0.5) is 0 Å². The van der Waals surface area contributed by atoms with Gasteiger partial charge in [-0.15, -0.1) is 0 Å². The Morgan fingerprint density at radius 3 is 2.44 bits per heavy atom. The normalized spacial score (nSPS) is 13.8. The average molecular weight is 482 g/mol. The molecule has 1 heterocycles. The maximum atomic E-state index is 13.4. The van der Waals surface area contributed by atoms with Crippen LogP contribution in [0.5, 0.6) is 17.4 Å². The second-order valence-corrected chi connectivity index (χ2v) is 9.19. The molecule has 34 heavy (non-hydrogen) atoms. The first-order valence-corrected chi connectivity index (χ1v) is 12.3. The Bertz CT molecular complexity index is 1120. The molecule has 7 heteroatoms. The fraction of sp³-hybridized carbons (Fsp3) is 0.407. The number of nitrogens with zero attached hydrogens (tertiary/aromatic N) is 3. The summed E-state index contributed by atoms with van der Waals surface area (Å²) in [5.74, 6) is 2.15. The number of ether oxygens (including phenoxy) is 2. The van der Waals surface area contributed by atoms with E-state index in [0.29, 0.717) is 35.5 Å². The zero-order valence-electron chi connectivity index (χ0n) is 20.1. The van der Waals surface area contributed by atoms with Crippen molar-refractivity contribution in [3.63, 3.8) is 0 Å². The van der Waals surface area contributed by atoms with Crippen LogP contribution in [0.15, 0.2) is 48.5 Å². The molecule has 1 aliphatic rings. The van der Waals surface area contributed by atoms with E-state index in [0.717, 1.165) is 49.0 Å². The summed E-state index contributed by atoms with van der Waals surface area (Å²) in [7, 11) is 1.62. The number of rotatable bonds is 9. The topological polar surface area (TPSA) is 56.6 Å². The van der Waals surface area contributed by atoms with Gasteiger partial charge in [-0.05, 0) is 62.6 Å². The van der Waals surface area contributed by atoms with Crippen LogP contribution < -0.4 is 9.47 Å². The van der Waals surface area contributed by atoms with Crippen LogP contribution >= 0.6 is 11.6 Å². The van der Waals surface area contributed by atoms with Gasteiger partial charge in [-0.25, -0.2) is 4.68 Å². The lowest BCUT2D eigenvalue weighted by atomic mass is 10.1. The molecule has 4 rings (SSSR count). The van der Waals surface area contributed by atoms with Gasteiger partial charge < -0.3 is 14.4 Å². The summed E-state index contributed by atoms with van der Waals surface area (Å²) in [6.07, 6.45) is 5.11. The lowest BCUT2D eigenvalue weighted by Crippen LogP contribution is -2.35. The van der Waals surface area contributed by atoms with E-state index in [1.807, 2.05) is 60.4 Å². The van der Waals surface area contributed by atoms with Gasteiger partial charge in [0, 0.05) is 17.5 Å². The summed E-state index contributed by atoms with van der Waals surface area (Å²) in [6.45, 7) is 5.22. The summed E-state index contributed by atoms with van der Waals surface area (Å²) in [5, 5.41) is 5.45. The lowest BCUT2D eigenvalue weighted by Gasteiger charge is -2.25. The molecule has 0 atom stereocenters. The molecular formula is C27H32ClN3O3. The van der Waals surface area contributed by atoms with Crippen molar-refractivity contribution in [2.45, 2.75) is 52.5 Å². The highest BCUT2D eigenvalue weighted by atomic mass is 35.5. The Kier molecular flexibility index (Phi) is 7.78. The van der Waals surface area contributed by atoms with Gasteiger partial charge >= 0.3 is 0 Å². The van der Waals surface area contributed by atoms with E-state index >= 15 is 0 Å². The zero-order valence-corrected chi connectivity index (χ0v) is 20.8. The molecule has 0 aliphatic heterocycles. The molecule has 0 unspecified atom stereocenters. The first-order chi connectivity index (χ1) is 16.5. The van der Waals surface area contributed by atoms with Crippen molar-refractivity contribution in [3.05, 3.63) is 64.8 Å². The number of para-hydroxylation sites is 2. The molecule has 180 valence electrons. The lowest BCUT2D eigenvalue weighted by molar-refractivity contribution is -0.136. The van der Waals surface area contributed by atoms with Crippen LogP contribution in [-0.2, 0) is 11.3 Å². The Morgan fingerprint density at radius 1 is 1.12 bits per heavy atom. The fourth-order valence-corrected chi connectivity index (χ4v) is 4.67. The van der Waals surface area contributed by atoms with Crippen molar-refractivity contribution in [1.82, 2.24) is 14.7 Å². The molecule has 0 saturated heterocycles. The highest BCUT2D eigenvalue weighted by molar-refractivity contribution is 6.30. The van der Waals surface area contributed by atoms with E-state index in [9.17, 15) is 4.79 Å². The summed E-state index contributed by atoms with van der Waals surface area (Å²) >= 11 is 6.12. The molecule has 1 saturated carbocycles. The molecule has 6 nitrogen and oxygen atoms in total. The summed E-state index contributed by atoms with van der Waals surface area (Å²) in [6, 6.07) is 15.0. The number of benzene rings is 2. The number of carbonyl (C=O) groups is 1. The Labute approximate surface area is 206 Å². The smallest absolute Gasteiger partial charge is 0.228 e. The van der Waals surface area contributed by atoms with E-state index in [2.05, 4.69) is 6.92 Å². The summed E-state index contributed by atoms with van der Waals surface area (Å²) in [5.41, 5.74) is 2.54. The maximum absolute atomic E-state index is 13.4. The third kappa shape index (κ3) is 5.22. The second-order valence-electron chi connectivity index (χ2n) is 8.75. The molecule has 0 spiro atoms. The van der Waals surface area contributed by atoms with Gasteiger partial charge in [0.2, 0.25) is 11.8 Å². The van der Waals surface area contributed by atoms with Crippen LogP contribution in [-0.4, -0.2) is 34.2 Å². The van der Waals surface area contributed by atoms with Crippen molar-refractivity contribution in [2.24, 2.45) is 5.92 Å². The predicted molar refractivity (Wildman–Crippen MR) is 134 cm³/mol. The maximum Gasteiger partial charge on any atom is 0.228 e. The number of amides is 1. The number of aromatic nitrogens is 2. The van der Waals surface area contributed by atoms with Crippen molar-refractivity contribution in [3.8, 4) is 23.1 Å². The number of methoxy groups -OCH3 is 1. The quantitative estimate of drug-likeness (QED) is 0.347. The summed E-state index contributed by atoms with van der Waals surface area (Å²) < 4.78 is 13.7. The highest BCUT2D eigenvalue weighted by Gasteiger charge is 2.29. The van der Waals surface area contributed by atoms with Gasteiger partial charge in [-0.1, -0.05) is 43.5 Å². The van der Waals surface area contributed by atoms with Gasteiger partial charge in [0.1, 0.15) is 0 Å². The minimum Gasteiger partial charge on any atom is -0.493 e. The van der Waals surface area contributed by atoms with Crippen LogP contribution in [0.25, 0.3) is 5.69 Å². The van der Waals surface area contributed by atoms with Crippen LogP contribution in [0, 0.1) is 12.8 Å². The monoisotopic (exact) mass is 481 g/mol. The van der Waals surface area contributed by atoms with Crippen molar-refractivity contribution >= 4 is 17.5 Å². The second kappa shape index (κ2) is 11.0. The fourth-order valence-electron chi connectivity index (χ4n) is 4.55. The standard InChI is InChI=1S/C27H32ClN3O3/c1-4-17-30(26(32)20-9-5-6-10-20)18-23-19(2)29-31(22-15-13-21(28)14-16-22)27(23)34-25-12-8-7-11-24(25)33-3/h7-8,11-16,20H,4-6,9-10,17-18H2,1-3H3.